The van der Waals surface area contributed by atoms with Gasteiger partial charge in [-0.15, -0.1) is 0 Å². The monoisotopic (exact) mass is 880 g/mol. The number of pyridine rings is 2. The maximum Gasteiger partial charge on any atom is 0.350 e. The number of ether oxygens (including phenoxy) is 2. The first-order chi connectivity index (χ1) is 31.4. The zero-order valence-electron chi connectivity index (χ0n) is 38.2. The van der Waals surface area contributed by atoms with Gasteiger partial charge in [-0.2, -0.15) is 0 Å². The number of esters is 1. The highest BCUT2D eigenvalue weighted by Gasteiger charge is 2.86. The molecule has 3 aliphatic heterocycles. The number of nitrogens with one attached hydrogen (secondary N) is 3. The van der Waals surface area contributed by atoms with E-state index < -0.39 is 28.7 Å². The number of aromatic nitrogens is 2. The summed E-state index contributed by atoms with van der Waals surface area (Å²) in [5.41, 5.74) is 7.60. The van der Waals surface area contributed by atoms with E-state index in [2.05, 4.69) is 70.1 Å². The highest BCUT2D eigenvalue weighted by Crippen LogP contribution is 2.60. The fraction of sp³-hybridized carbons (Fsp3) is 0.491. The second kappa shape index (κ2) is 18.2. The average Bonchev–Trinajstić information content (AvgIpc) is 4.01. The highest BCUT2D eigenvalue weighted by molar-refractivity contribution is 6.33. The standard InChI is InChI=1S/C53H64N6O6/c1-5-56-43-24-36-9-6-12-39-35-11-8-21-51(3,25-34-16-19-44(54)58-28-34)26-37-10-7-13-41-47(37)49(62)53(50(63)64-30-42(43)40(18-17-35)46(36)39)52(65-53,48(41)61)27-38(29-60)32(2)14-15-33-20-22-57-45(23-33)59-31-55-4/h6-7,9-10,13,16-20,22-24,28,35,39-40,42-43,46,55-56,60H,5,8,11-12,14-15,21,25-27,29-31H2,1-4H3,(H2,54,58)(H,57,59)/b38-32-/t35-,39-,40-,42+,43-,46+,51+,52+,53+/m1/s1. The van der Waals surface area contributed by atoms with Crippen LogP contribution in [0.4, 0.5) is 11.6 Å². The third kappa shape index (κ3) is 8.21. The van der Waals surface area contributed by atoms with Crippen molar-refractivity contribution in [2.24, 2.45) is 35.0 Å². The van der Waals surface area contributed by atoms with Crippen molar-refractivity contribution in [1.82, 2.24) is 20.6 Å². The van der Waals surface area contributed by atoms with Crippen LogP contribution in [0.5, 0.6) is 0 Å². The molecule has 1 saturated heterocycles. The van der Waals surface area contributed by atoms with Gasteiger partial charge in [-0.1, -0.05) is 80.5 Å². The van der Waals surface area contributed by atoms with Gasteiger partial charge in [0.15, 0.2) is 11.4 Å². The van der Waals surface area contributed by atoms with Crippen molar-refractivity contribution < 1.29 is 29.0 Å². The molecular weight excluding hydrogens is 817 g/mol. The Morgan fingerprint density at radius 1 is 1.05 bits per heavy atom. The van der Waals surface area contributed by atoms with Gasteiger partial charge in [-0.25, -0.2) is 14.8 Å². The smallest absolute Gasteiger partial charge is 0.350 e. The van der Waals surface area contributed by atoms with E-state index in [1.54, 1.807) is 12.3 Å². The summed E-state index contributed by atoms with van der Waals surface area (Å²) in [6, 6.07) is 13.2. The van der Waals surface area contributed by atoms with E-state index in [-0.39, 0.29) is 60.0 Å². The predicted octanol–water partition coefficient (Wildman–Crippen LogP) is 6.91. The summed E-state index contributed by atoms with van der Waals surface area (Å²) < 4.78 is 13.0. The zero-order valence-corrected chi connectivity index (χ0v) is 38.2. The molecule has 0 radical (unpaired) electrons. The molecule has 1 aromatic carbocycles. The van der Waals surface area contributed by atoms with Crippen molar-refractivity contribution in [2.75, 3.05) is 44.5 Å². The lowest BCUT2D eigenvalue weighted by Crippen LogP contribution is -2.53. The summed E-state index contributed by atoms with van der Waals surface area (Å²) in [5, 5.41) is 20.9. The molecule has 5 heterocycles. The summed E-state index contributed by atoms with van der Waals surface area (Å²) in [4.78, 5) is 54.8. The van der Waals surface area contributed by atoms with Crippen LogP contribution in [0.25, 0.3) is 0 Å². The largest absolute Gasteiger partial charge is 0.463 e. The second-order valence-electron chi connectivity index (χ2n) is 19.7. The van der Waals surface area contributed by atoms with E-state index in [1.807, 2.05) is 56.6 Å². The minimum Gasteiger partial charge on any atom is -0.463 e. The molecule has 0 saturated carbocycles. The van der Waals surface area contributed by atoms with Gasteiger partial charge in [0.2, 0.25) is 5.78 Å². The number of Topliss-reactive ketones (excluding diaryl/α,β-unsaturated/α-hetero) is 2. The van der Waals surface area contributed by atoms with Crippen LogP contribution in [0, 0.1) is 35.0 Å². The summed E-state index contributed by atoms with van der Waals surface area (Å²) in [7, 11) is 1.86. The van der Waals surface area contributed by atoms with Gasteiger partial charge in [0.25, 0.3) is 5.60 Å². The van der Waals surface area contributed by atoms with Crippen molar-refractivity contribution in [1.29, 1.82) is 0 Å². The number of nitrogen functional groups attached to an aromatic ring is 1. The molecule has 10 rings (SSSR count). The van der Waals surface area contributed by atoms with Crippen LogP contribution in [0.1, 0.15) is 96.7 Å². The number of nitrogens with two attached hydrogens (primary N) is 1. The fourth-order valence-electron chi connectivity index (χ4n) is 12.1. The highest BCUT2D eigenvalue weighted by atomic mass is 16.7. The third-order valence-electron chi connectivity index (χ3n) is 15.5. The van der Waals surface area contributed by atoms with Crippen molar-refractivity contribution in [2.45, 2.75) is 95.8 Å². The number of benzene rings is 1. The lowest BCUT2D eigenvalue weighted by Gasteiger charge is -2.49. The number of nitrogens with zero attached hydrogens (tertiary/aromatic N) is 2. The van der Waals surface area contributed by atoms with Gasteiger partial charge in [0.1, 0.15) is 11.6 Å². The van der Waals surface area contributed by atoms with Gasteiger partial charge in [0, 0.05) is 41.9 Å². The zero-order chi connectivity index (χ0) is 45.5. The van der Waals surface area contributed by atoms with Crippen LogP contribution in [-0.4, -0.2) is 83.3 Å². The summed E-state index contributed by atoms with van der Waals surface area (Å²) in [6.07, 6.45) is 21.4. The molecule has 7 aliphatic rings. The number of carbonyl (C=O) groups excluding carboxylic acids is 3. The molecule has 342 valence electrons. The van der Waals surface area contributed by atoms with E-state index in [0.29, 0.717) is 61.1 Å². The Morgan fingerprint density at radius 3 is 2.69 bits per heavy atom. The van der Waals surface area contributed by atoms with Crippen molar-refractivity contribution >= 4 is 29.2 Å². The molecule has 0 amide bonds. The maximum atomic E-state index is 15.5. The number of ketones is 2. The Balaban J connectivity index is 1.11. The Labute approximate surface area is 382 Å². The molecule has 65 heavy (non-hydrogen) atoms. The van der Waals surface area contributed by atoms with E-state index in [1.165, 1.54) is 5.57 Å². The number of hydrogen-bond donors (Lipinski definition) is 5. The molecule has 6 N–H and O–H groups in total. The van der Waals surface area contributed by atoms with Gasteiger partial charge in [-0.05, 0) is 141 Å². The number of aryl methyl sites for hydroxylation is 1. The molecule has 12 nitrogen and oxygen atoms in total. The summed E-state index contributed by atoms with van der Waals surface area (Å²) in [6.45, 7) is 7.25. The van der Waals surface area contributed by atoms with E-state index in [4.69, 9.17) is 15.2 Å². The molecular formula is C53H64N6O6. The van der Waals surface area contributed by atoms with Crippen LogP contribution < -0.4 is 21.7 Å². The van der Waals surface area contributed by atoms with Gasteiger partial charge < -0.3 is 36.3 Å². The first-order valence-corrected chi connectivity index (χ1v) is 23.6. The predicted molar refractivity (Wildman–Crippen MR) is 251 cm³/mol. The average molecular weight is 881 g/mol. The summed E-state index contributed by atoms with van der Waals surface area (Å²) in [5.74, 6) is 0.468. The third-order valence-corrected chi connectivity index (χ3v) is 15.5. The SMILES string of the molecule is CCN[C@@H]1C=C2C=CC[C@H]3[C@H]2[C@@H]2C=C[C@H]3CCC[C@@](C)(Cc3ccc(N)nc3)Cc3cccc4c3C(=O)[C@]3(O[C@@]3(C/C(CO)=C(\C)CCc3ccnc(NCNC)c3)C4=O)C(=O)OC[C@@H]21. The first-order valence-electron chi connectivity index (χ1n) is 23.6. The van der Waals surface area contributed by atoms with Crippen molar-refractivity contribution in [3.63, 3.8) is 0 Å². The molecule has 6 bridgehead atoms. The Morgan fingerprint density at radius 2 is 1.91 bits per heavy atom. The minimum atomic E-state index is -2.20. The molecule has 0 unspecified atom stereocenters. The normalized spacial score (nSPS) is 31.6. The van der Waals surface area contributed by atoms with E-state index in [9.17, 15) is 5.11 Å². The number of anilines is 2. The van der Waals surface area contributed by atoms with Crippen LogP contribution in [0.15, 0.2) is 102 Å². The fourth-order valence-corrected chi connectivity index (χ4v) is 12.1. The number of epoxide rings is 1. The van der Waals surface area contributed by atoms with Crippen LogP contribution in [0.2, 0.25) is 0 Å². The first kappa shape index (κ1) is 44.9. The summed E-state index contributed by atoms with van der Waals surface area (Å²) >= 11 is 0. The quantitative estimate of drug-likeness (QED) is 0.0394. The number of hydrogen-bond acceptors (Lipinski definition) is 12. The number of aliphatic hydroxyl groups is 1. The maximum absolute atomic E-state index is 15.5. The van der Waals surface area contributed by atoms with E-state index in [0.717, 1.165) is 54.7 Å². The molecule has 3 aromatic rings. The topological polar surface area (TPSA) is 181 Å². The van der Waals surface area contributed by atoms with Gasteiger partial charge in [-0.3, -0.25) is 9.59 Å². The minimum absolute atomic E-state index is 0.0522. The van der Waals surface area contributed by atoms with Gasteiger partial charge >= 0.3 is 5.97 Å². The number of likely N-dealkylation sites (N-methyl/N-ethyl adjacent to an activating group) is 1. The lowest BCUT2D eigenvalue weighted by atomic mass is 9.57. The Hall–Kier alpha value is -5.27. The molecule has 2 aromatic heterocycles. The molecule has 1 spiro atoms. The van der Waals surface area contributed by atoms with Crippen molar-refractivity contribution in [3.8, 4) is 0 Å². The molecule has 12 heteroatoms. The molecule has 4 aliphatic carbocycles. The van der Waals surface area contributed by atoms with Crippen LogP contribution >= 0.6 is 0 Å². The van der Waals surface area contributed by atoms with Crippen LogP contribution in [0.3, 0.4) is 0 Å². The van der Waals surface area contributed by atoms with E-state index >= 15 is 14.4 Å². The van der Waals surface area contributed by atoms with Gasteiger partial charge in [0.05, 0.1) is 19.9 Å². The van der Waals surface area contributed by atoms with Crippen LogP contribution in [-0.2, 0) is 33.5 Å². The molecule has 1 fully saturated rings. The number of rotatable bonds is 13. The Bertz CT molecular complexity index is 2460. The lowest BCUT2D eigenvalue weighted by molar-refractivity contribution is -0.150. The Kier molecular flexibility index (Phi) is 12.6. The van der Waals surface area contributed by atoms with Crippen molar-refractivity contribution in [3.05, 3.63) is 130 Å². The number of aliphatic hydroxyl groups excluding tert-OH is 1. The number of fused-ring (bicyclic) bond motifs is 6. The number of allylic oxidation sites excluding steroid dienone is 6. The number of carbonyl (C=O) groups is 3. The second-order valence-corrected chi connectivity index (χ2v) is 19.7. The molecule has 9 atom stereocenters.